The molecule has 22 heavy (non-hydrogen) atoms. The van der Waals surface area contributed by atoms with Gasteiger partial charge in [0.1, 0.15) is 0 Å². The van der Waals surface area contributed by atoms with E-state index >= 15 is 0 Å². The zero-order chi connectivity index (χ0) is 16.2. The summed E-state index contributed by atoms with van der Waals surface area (Å²) in [6, 6.07) is 15.5. The van der Waals surface area contributed by atoms with Crippen LogP contribution in [0.4, 0.5) is 0 Å². The molecule has 2 rings (SSSR count). The quantitative estimate of drug-likeness (QED) is 0.887. The van der Waals surface area contributed by atoms with Gasteiger partial charge in [-0.2, -0.15) is 0 Å². The highest BCUT2D eigenvalue weighted by Gasteiger charge is 2.15. The third-order valence-corrected chi connectivity index (χ3v) is 5.08. The first kappa shape index (κ1) is 16.7. The SMILES string of the molecule is Cc1ccc(CCc2cccc(S(=O)(=O)NC(C)C)c2)cc1. The smallest absolute Gasteiger partial charge is 0.209 e. The van der Waals surface area contributed by atoms with Crippen molar-refractivity contribution < 1.29 is 8.42 Å². The van der Waals surface area contributed by atoms with Crippen molar-refractivity contribution >= 4 is 10.0 Å². The van der Waals surface area contributed by atoms with Gasteiger partial charge in [0, 0.05) is 6.04 Å². The molecule has 2 aromatic carbocycles. The molecule has 0 saturated heterocycles. The highest BCUT2D eigenvalue weighted by atomic mass is 32.2. The molecular weight excluding hydrogens is 294 g/mol. The minimum atomic E-state index is -3.42. The number of rotatable bonds is 6. The number of benzene rings is 2. The second-order valence-electron chi connectivity index (χ2n) is 5.91. The Hall–Kier alpha value is -1.65. The minimum absolute atomic E-state index is 0.110. The van der Waals surface area contributed by atoms with Crippen molar-refractivity contribution in [1.82, 2.24) is 4.72 Å². The van der Waals surface area contributed by atoms with Crippen molar-refractivity contribution in [3.05, 3.63) is 65.2 Å². The van der Waals surface area contributed by atoms with Gasteiger partial charge in [0.25, 0.3) is 0 Å². The lowest BCUT2D eigenvalue weighted by Crippen LogP contribution is -2.30. The highest BCUT2D eigenvalue weighted by Crippen LogP contribution is 2.14. The summed E-state index contributed by atoms with van der Waals surface area (Å²) in [6.45, 7) is 5.71. The van der Waals surface area contributed by atoms with Gasteiger partial charge in [-0.25, -0.2) is 13.1 Å². The maximum Gasteiger partial charge on any atom is 0.240 e. The van der Waals surface area contributed by atoms with Crippen LogP contribution in [0.2, 0.25) is 0 Å². The normalized spacial score (nSPS) is 11.8. The molecule has 0 aliphatic carbocycles. The van der Waals surface area contributed by atoms with Gasteiger partial charge in [-0.05, 0) is 56.9 Å². The lowest BCUT2D eigenvalue weighted by atomic mass is 10.0. The van der Waals surface area contributed by atoms with E-state index in [0.29, 0.717) is 4.90 Å². The van der Waals surface area contributed by atoms with Crippen LogP contribution in [0.5, 0.6) is 0 Å². The van der Waals surface area contributed by atoms with Crippen LogP contribution in [0.3, 0.4) is 0 Å². The van der Waals surface area contributed by atoms with Crippen LogP contribution in [0.15, 0.2) is 53.4 Å². The lowest BCUT2D eigenvalue weighted by Gasteiger charge is -2.11. The van der Waals surface area contributed by atoms with Gasteiger partial charge >= 0.3 is 0 Å². The summed E-state index contributed by atoms with van der Waals surface area (Å²) in [6.07, 6.45) is 1.73. The first-order valence-corrected chi connectivity index (χ1v) is 9.02. The molecule has 0 saturated carbocycles. The zero-order valence-corrected chi connectivity index (χ0v) is 14.2. The fourth-order valence-electron chi connectivity index (χ4n) is 2.29. The Balaban J connectivity index is 2.10. The van der Waals surface area contributed by atoms with Crippen LogP contribution in [0, 0.1) is 6.92 Å². The monoisotopic (exact) mass is 317 g/mol. The van der Waals surface area contributed by atoms with Crippen molar-refractivity contribution in [3.8, 4) is 0 Å². The molecule has 0 amide bonds. The molecule has 0 radical (unpaired) electrons. The Labute approximate surface area is 133 Å². The first-order valence-electron chi connectivity index (χ1n) is 7.53. The van der Waals surface area contributed by atoms with Crippen LogP contribution >= 0.6 is 0 Å². The fourth-order valence-corrected chi connectivity index (χ4v) is 3.61. The van der Waals surface area contributed by atoms with Crippen molar-refractivity contribution in [2.24, 2.45) is 0 Å². The van der Waals surface area contributed by atoms with E-state index in [4.69, 9.17) is 0 Å². The van der Waals surface area contributed by atoms with E-state index in [1.54, 1.807) is 18.2 Å². The van der Waals surface area contributed by atoms with Gasteiger partial charge in [-0.15, -0.1) is 0 Å². The van der Waals surface area contributed by atoms with Crippen LogP contribution < -0.4 is 4.72 Å². The number of hydrogen-bond donors (Lipinski definition) is 1. The Morgan fingerprint density at radius 2 is 1.59 bits per heavy atom. The molecule has 0 heterocycles. The van der Waals surface area contributed by atoms with Crippen LogP contribution in [0.1, 0.15) is 30.5 Å². The van der Waals surface area contributed by atoms with Gasteiger partial charge in [0.2, 0.25) is 10.0 Å². The molecule has 0 fully saturated rings. The average molecular weight is 317 g/mol. The number of hydrogen-bond acceptors (Lipinski definition) is 2. The predicted octanol–water partition coefficient (Wildman–Crippen LogP) is 3.47. The predicted molar refractivity (Wildman–Crippen MR) is 90.5 cm³/mol. The first-order chi connectivity index (χ1) is 10.4. The highest BCUT2D eigenvalue weighted by molar-refractivity contribution is 7.89. The van der Waals surface area contributed by atoms with E-state index in [9.17, 15) is 8.42 Å². The zero-order valence-electron chi connectivity index (χ0n) is 13.3. The molecule has 0 bridgehead atoms. The van der Waals surface area contributed by atoms with Crippen molar-refractivity contribution in [2.45, 2.75) is 44.6 Å². The van der Waals surface area contributed by atoms with E-state index in [0.717, 1.165) is 18.4 Å². The standard InChI is InChI=1S/C18H23NO2S/c1-14(2)19-22(20,21)18-6-4-5-17(13-18)12-11-16-9-7-15(3)8-10-16/h4-10,13-14,19H,11-12H2,1-3H3. The largest absolute Gasteiger partial charge is 0.240 e. The summed E-state index contributed by atoms with van der Waals surface area (Å²) in [7, 11) is -3.42. The molecule has 2 aromatic rings. The number of sulfonamides is 1. The van der Waals surface area contributed by atoms with E-state index in [1.807, 2.05) is 19.9 Å². The Morgan fingerprint density at radius 3 is 2.23 bits per heavy atom. The number of nitrogens with one attached hydrogen (secondary N) is 1. The summed E-state index contributed by atoms with van der Waals surface area (Å²) >= 11 is 0. The maximum atomic E-state index is 12.2. The van der Waals surface area contributed by atoms with Gasteiger partial charge in [-0.3, -0.25) is 0 Å². The summed E-state index contributed by atoms with van der Waals surface area (Å²) in [5, 5.41) is 0. The van der Waals surface area contributed by atoms with Gasteiger partial charge in [-0.1, -0.05) is 42.0 Å². The summed E-state index contributed by atoms with van der Waals surface area (Å²) in [4.78, 5) is 0.336. The number of aryl methyl sites for hydroxylation is 3. The molecule has 4 heteroatoms. The van der Waals surface area contributed by atoms with Gasteiger partial charge in [0.15, 0.2) is 0 Å². The second-order valence-corrected chi connectivity index (χ2v) is 7.62. The van der Waals surface area contributed by atoms with E-state index < -0.39 is 10.0 Å². The van der Waals surface area contributed by atoms with Crippen molar-refractivity contribution in [2.75, 3.05) is 0 Å². The van der Waals surface area contributed by atoms with E-state index in [2.05, 4.69) is 35.9 Å². The third-order valence-electron chi connectivity index (χ3n) is 3.42. The molecular formula is C18H23NO2S. The molecule has 0 aliphatic rings. The Kier molecular flexibility index (Phi) is 5.37. The van der Waals surface area contributed by atoms with E-state index in [1.165, 1.54) is 11.1 Å². The molecule has 0 aromatic heterocycles. The van der Waals surface area contributed by atoms with Crippen LogP contribution in [0.25, 0.3) is 0 Å². The summed E-state index contributed by atoms with van der Waals surface area (Å²) in [5.41, 5.74) is 3.54. The van der Waals surface area contributed by atoms with Gasteiger partial charge < -0.3 is 0 Å². The molecule has 0 spiro atoms. The summed E-state index contributed by atoms with van der Waals surface area (Å²) < 4.78 is 27.0. The molecule has 0 unspecified atom stereocenters. The molecule has 118 valence electrons. The molecule has 1 N–H and O–H groups in total. The lowest BCUT2D eigenvalue weighted by molar-refractivity contribution is 0.569. The van der Waals surface area contributed by atoms with Crippen molar-refractivity contribution in [3.63, 3.8) is 0 Å². The molecule has 3 nitrogen and oxygen atoms in total. The topological polar surface area (TPSA) is 46.2 Å². The van der Waals surface area contributed by atoms with Crippen LogP contribution in [-0.4, -0.2) is 14.5 Å². The van der Waals surface area contributed by atoms with Gasteiger partial charge in [0.05, 0.1) is 4.90 Å². The van der Waals surface area contributed by atoms with Crippen LogP contribution in [-0.2, 0) is 22.9 Å². The van der Waals surface area contributed by atoms with E-state index in [-0.39, 0.29) is 6.04 Å². The average Bonchev–Trinajstić information content (AvgIpc) is 2.46. The minimum Gasteiger partial charge on any atom is -0.209 e. The second kappa shape index (κ2) is 7.07. The third kappa shape index (κ3) is 4.68. The van der Waals surface area contributed by atoms with Crippen molar-refractivity contribution in [1.29, 1.82) is 0 Å². The molecule has 0 aliphatic heterocycles. The summed E-state index contributed by atoms with van der Waals surface area (Å²) in [5.74, 6) is 0. The maximum absolute atomic E-state index is 12.2. The fraction of sp³-hybridized carbons (Fsp3) is 0.333. The Bertz CT molecular complexity index is 719. The molecule has 0 atom stereocenters. The Morgan fingerprint density at radius 1 is 0.955 bits per heavy atom.